The molecule has 0 bridgehead atoms. The van der Waals surface area contributed by atoms with E-state index in [9.17, 15) is 0 Å². The van der Waals surface area contributed by atoms with Crippen molar-refractivity contribution in [3.63, 3.8) is 0 Å². The SMILES string of the molecule is ClC1=Cc2ccc3ccccc3c2N(Cl)C1. The van der Waals surface area contributed by atoms with Crippen LogP contribution in [0.3, 0.4) is 0 Å². The first kappa shape index (κ1) is 10.0. The van der Waals surface area contributed by atoms with Crippen molar-refractivity contribution in [1.29, 1.82) is 0 Å². The molecule has 1 heterocycles. The van der Waals surface area contributed by atoms with E-state index in [1.165, 1.54) is 5.39 Å². The van der Waals surface area contributed by atoms with E-state index in [2.05, 4.69) is 24.3 Å². The summed E-state index contributed by atoms with van der Waals surface area (Å²) < 4.78 is 1.68. The quantitative estimate of drug-likeness (QED) is 0.626. The fourth-order valence-electron chi connectivity index (χ4n) is 2.09. The highest BCUT2D eigenvalue weighted by Crippen LogP contribution is 2.37. The van der Waals surface area contributed by atoms with Gasteiger partial charge in [-0.1, -0.05) is 48.0 Å². The number of hydrogen-bond acceptors (Lipinski definition) is 1. The summed E-state index contributed by atoms with van der Waals surface area (Å²) in [5.41, 5.74) is 2.12. The van der Waals surface area contributed by atoms with Crippen molar-refractivity contribution in [2.75, 3.05) is 11.0 Å². The molecule has 2 aromatic rings. The van der Waals surface area contributed by atoms with Crippen LogP contribution in [0.2, 0.25) is 0 Å². The Bertz CT molecular complexity index is 590. The summed E-state index contributed by atoms with van der Waals surface area (Å²) in [6, 6.07) is 12.3. The maximum absolute atomic E-state index is 6.23. The van der Waals surface area contributed by atoms with Crippen LogP contribution in [0.5, 0.6) is 0 Å². The summed E-state index contributed by atoms with van der Waals surface area (Å²) in [7, 11) is 0. The minimum Gasteiger partial charge on any atom is -0.279 e. The molecular formula is C13H9Cl2N. The summed E-state index contributed by atoms with van der Waals surface area (Å²) >= 11 is 12.3. The third-order valence-electron chi connectivity index (χ3n) is 2.78. The van der Waals surface area contributed by atoms with Crippen LogP contribution in [0, 0.1) is 0 Å². The molecule has 2 aromatic carbocycles. The van der Waals surface area contributed by atoms with Crippen molar-refractivity contribution in [3.8, 4) is 0 Å². The molecule has 0 spiro atoms. The first-order valence-corrected chi connectivity index (χ1v) is 5.78. The van der Waals surface area contributed by atoms with Gasteiger partial charge in [0.25, 0.3) is 0 Å². The predicted molar refractivity (Wildman–Crippen MR) is 71.0 cm³/mol. The number of rotatable bonds is 0. The number of fused-ring (bicyclic) bond motifs is 3. The van der Waals surface area contributed by atoms with Crippen LogP contribution in [0.1, 0.15) is 5.56 Å². The Morgan fingerprint density at radius 2 is 1.88 bits per heavy atom. The van der Waals surface area contributed by atoms with Crippen molar-refractivity contribution < 1.29 is 0 Å². The number of nitrogens with zero attached hydrogens (tertiary/aromatic N) is 1. The number of benzene rings is 2. The molecule has 3 rings (SSSR count). The van der Waals surface area contributed by atoms with Gasteiger partial charge in [-0.05, 0) is 11.5 Å². The second-order valence-corrected chi connectivity index (χ2v) is 4.73. The maximum atomic E-state index is 6.23. The highest BCUT2D eigenvalue weighted by atomic mass is 35.5. The summed E-state index contributed by atoms with van der Waals surface area (Å²) in [6.45, 7) is 0.560. The van der Waals surface area contributed by atoms with Gasteiger partial charge in [-0.3, -0.25) is 4.42 Å². The van der Waals surface area contributed by atoms with Crippen LogP contribution in [0.15, 0.2) is 41.4 Å². The van der Waals surface area contributed by atoms with Crippen molar-refractivity contribution in [2.45, 2.75) is 0 Å². The second kappa shape index (κ2) is 3.69. The van der Waals surface area contributed by atoms with Gasteiger partial charge in [0.05, 0.1) is 12.2 Å². The number of anilines is 1. The van der Waals surface area contributed by atoms with Gasteiger partial charge in [-0.15, -0.1) is 0 Å². The minimum absolute atomic E-state index is 0.560. The molecule has 0 unspecified atom stereocenters. The van der Waals surface area contributed by atoms with E-state index < -0.39 is 0 Å². The third-order valence-corrected chi connectivity index (χ3v) is 3.29. The Morgan fingerprint density at radius 1 is 1.06 bits per heavy atom. The van der Waals surface area contributed by atoms with Crippen LogP contribution >= 0.6 is 23.4 Å². The average molecular weight is 250 g/mol. The third kappa shape index (κ3) is 1.48. The molecule has 0 atom stereocenters. The molecule has 0 N–H and O–H groups in total. The lowest BCUT2D eigenvalue weighted by Crippen LogP contribution is -2.16. The highest BCUT2D eigenvalue weighted by molar-refractivity contribution is 6.36. The maximum Gasteiger partial charge on any atom is 0.0707 e. The van der Waals surface area contributed by atoms with Crippen LogP contribution in [0.25, 0.3) is 16.8 Å². The minimum atomic E-state index is 0.560. The molecule has 0 saturated carbocycles. The number of hydrogen-bond donors (Lipinski definition) is 0. The van der Waals surface area contributed by atoms with E-state index in [0.29, 0.717) is 6.54 Å². The molecule has 0 aliphatic carbocycles. The first-order chi connectivity index (χ1) is 7.75. The van der Waals surface area contributed by atoms with E-state index in [1.54, 1.807) is 4.42 Å². The van der Waals surface area contributed by atoms with Crippen LogP contribution in [-0.2, 0) is 0 Å². The van der Waals surface area contributed by atoms with Gasteiger partial charge in [0, 0.05) is 27.8 Å². The van der Waals surface area contributed by atoms with Gasteiger partial charge in [-0.2, -0.15) is 0 Å². The van der Waals surface area contributed by atoms with Crippen molar-refractivity contribution >= 4 is 45.9 Å². The highest BCUT2D eigenvalue weighted by Gasteiger charge is 2.17. The molecule has 0 aromatic heterocycles. The van der Waals surface area contributed by atoms with Gasteiger partial charge in [0.2, 0.25) is 0 Å². The Hall–Kier alpha value is -1.18. The van der Waals surface area contributed by atoms with Crippen molar-refractivity contribution in [1.82, 2.24) is 0 Å². The molecule has 1 nitrogen and oxygen atoms in total. The lowest BCUT2D eigenvalue weighted by Gasteiger charge is -2.24. The monoisotopic (exact) mass is 249 g/mol. The predicted octanol–water partition coefficient (Wildman–Crippen LogP) is 4.39. The lowest BCUT2D eigenvalue weighted by molar-refractivity contribution is 1.17. The Balaban J connectivity index is 2.38. The zero-order valence-electron chi connectivity index (χ0n) is 8.45. The standard InChI is InChI=1S/C13H9Cl2N/c14-11-7-10-6-5-9-3-1-2-4-12(9)13(10)16(15)8-11/h1-7H,8H2. The largest absolute Gasteiger partial charge is 0.279 e. The van der Waals surface area contributed by atoms with E-state index in [0.717, 1.165) is 21.7 Å². The van der Waals surface area contributed by atoms with E-state index in [4.69, 9.17) is 23.4 Å². The number of halogens is 2. The molecule has 0 fully saturated rings. The van der Waals surface area contributed by atoms with Gasteiger partial charge < -0.3 is 0 Å². The second-order valence-electron chi connectivity index (χ2n) is 3.84. The van der Waals surface area contributed by atoms with Gasteiger partial charge in [0.1, 0.15) is 0 Å². The molecule has 16 heavy (non-hydrogen) atoms. The molecular weight excluding hydrogens is 241 g/mol. The molecule has 1 aliphatic heterocycles. The molecule has 80 valence electrons. The Labute approximate surface area is 104 Å². The van der Waals surface area contributed by atoms with Gasteiger partial charge >= 0.3 is 0 Å². The van der Waals surface area contributed by atoms with Crippen LogP contribution in [-0.4, -0.2) is 6.54 Å². The summed E-state index contributed by atoms with van der Waals surface area (Å²) in [4.78, 5) is 0. The fraction of sp³-hybridized carbons (Fsp3) is 0.0769. The molecule has 0 saturated heterocycles. The first-order valence-electron chi connectivity index (χ1n) is 5.07. The van der Waals surface area contributed by atoms with Gasteiger partial charge in [-0.25, -0.2) is 0 Å². The van der Waals surface area contributed by atoms with E-state index >= 15 is 0 Å². The summed E-state index contributed by atoms with van der Waals surface area (Å²) in [5, 5.41) is 3.12. The van der Waals surface area contributed by atoms with E-state index in [-0.39, 0.29) is 0 Å². The zero-order valence-corrected chi connectivity index (χ0v) is 9.96. The van der Waals surface area contributed by atoms with Gasteiger partial charge in [0.15, 0.2) is 0 Å². The normalized spacial score (nSPS) is 14.9. The molecule has 0 amide bonds. The topological polar surface area (TPSA) is 3.24 Å². The van der Waals surface area contributed by atoms with Crippen molar-refractivity contribution in [2.24, 2.45) is 0 Å². The average Bonchev–Trinajstić information content (AvgIpc) is 2.28. The zero-order chi connectivity index (χ0) is 11.1. The fourth-order valence-corrected chi connectivity index (χ4v) is 2.70. The Kier molecular flexibility index (Phi) is 2.31. The van der Waals surface area contributed by atoms with Crippen molar-refractivity contribution in [3.05, 3.63) is 47.0 Å². The van der Waals surface area contributed by atoms with Crippen LogP contribution in [0.4, 0.5) is 5.69 Å². The molecule has 3 heteroatoms. The Morgan fingerprint density at radius 3 is 2.75 bits per heavy atom. The molecule has 0 radical (unpaired) electrons. The smallest absolute Gasteiger partial charge is 0.0707 e. The van der Waals surface area contributed by atoms with Crippen LogP contribution < -0.4 is 4.42 Å². The molecule has 1 aliphatic rings. The lowest BCUT2D eigenvalue weighted by atomic mass is 10.0. The van der Waals surface area contributed by atoms with E-state index in [1.807, 2.05) is 18.2 Å². The summed E-state index contributed by atoms with van der Waals surface area (Å²) in [6.07, 6.45) is 1.97. The summed E-state index contributed by atoms with van der Waals surface area (Å²) in [5.74, 6) is 0.